The molecule has 0 radical (unpaired) electrons. The molecule has 0 aromatic heterocycles. The van der Waals surface area contributed by atoms with E-state index in [-0.39, 0.29) is 0 Å². The third-order valence-electron chi connectivity index (χ3n) is 3.40. The molecule has 3 heteroatoms. The summed E-state index contributed by atoms with van der Waals surface area (Å²) in [5, 5.41) is 4.26. The minimum Gasteiger partial charge on any atom is -0.493 e. The van der Waals surface area contributed by atoms with E-state index in [1.165, 1.54) is 12.8 Å². The summed E-state index contributed by atoms with van der Waals surface area (Å²) in [6.07, 6.45) is 5.33. The van der Waals surface area contributed by atoms with Crippen molar-refractivity contribution in [2.24, 2.45) is 5.10 Å². The number of hydrogen-bond donors (Lipinski definition) is 1. The highest BCUT2D eigenvalue weighted by Gasteiger charge is 2.00. The number of unbranched alkanes of at least 4 members (excludes halogenated alkanes) is 2. The van der Waals surface area contributed by atoms with Crippen LogP contribution in [-0.2, 0) is 0 Å². The molecule has 2 aromatic carbocycles. The van der Waals surface area contributed by atoms with E-state index in [1.54, 1.807) is 0 Å². The van der Waals surface area contributed by atoms with E-state index >= 15 is 0 Å². The fraction of sp³-hybridized carbons (Fsp3) is 0.316. The highest BCUT2D eigenvalue weighted by Crippen LogP contribution is 2.19. The summed E-state index contributed by atoms with van der Waals surface area (Å²) >= 11 is 0. The maximum atomic E-state index is 5.86. The van der Waals surface area contributed by atoms with Gasteiger partial charge < -0.3 is 4.74 Å². The van der Waals surface area contributed by atoms with Crippen LogP contribution in [0, 0.1) is 6.92 Å². The number of para-hydroxylation sites is 1. The van der Waals surface area contributed by atoms with Gasteiger partial charge >= 0.3 is 0 Å². The summed E-state index contributed by atoms with van der Waals surface area (Å²) in [6, 6.07) is 16.1. The SMILES string of the molecule is CCCCCOc1cc(C=NNc2ccccc2)ccc1C. The first kappa shape index (κ1) is 16.1. The molecule has 0 bridgehead atoms. The molecule has 0 aliphatic heterocycles. The van der Waals surface area contributed by atoms with Crippen molar-refractivity contribution in [3.63, 3.8) is 0 Å². The smallest absolute Gasteiger partial charge is 0.122 e. The lowest BCUT2D eigenvalue weighted by Gasteiger charge is -2.09. The Morgan fingerprint density at radius 1 is 1.09 bits per heavy atom. The van der Waals surface area contributed by atoms with Gasteiger partial charge in [0.25, 0.3) is 0 Å². The first-order chi connectivity index (χ1) is 10.8. The standard InChI is InChI=1S/C19H24N2O/c1-3-4-8-13-22-19-14-17(12-11-16(19)2)15-20-21-18-9-6-5-7-10-18/h5-7,9-12,14-15,21H,3-4,8,13H2,1-2H3. The molecule has 3 nitrogen and oxygen atoms in total. The van der Waals surface area contributed by atoms with Crippen LogP contribution >= 0.6 is 0 Å². The Labute approximate surface area is 133 Å². The number of benzene rings is 2. The van der Waals surface area contributed by atoms with E-state index in [0.29, 0.717) is 0 Å². The number of rotatable bonds is 8. The Balaban J connectivity index is 1.93. The Hall–Kier alpha value is -2.29. The van der Waals surface area contributed by atoms with E-state index in [0.717, 1.165) is 35.6 Å². The highest BCUT2D eigenvalue weighted by molar-refractivity contribution is 5.81. The Morgan fingerprint density at radius 2 is 1.91 bits per heavy atom. The monoisotopic (exact) mass is 296 g/mol. The lowest BCUT2D eigenvalue weighted by atomic mass is 10.1. The molecule has 0 saturated heterocycles. The summed E-state index contributed by atoms with van der Waals surface area (Å²) in [4.78, 5) is 0. The molecule has 1 N–H and O–H groups in total. The molecule has 22 heavy (non-hydrogen) atoms. The number of nitrogens with zero attached hydrogens (tertiary/aromatic N) is 1. The maximum Gasteiger partial charge on any atom is 0.122 e. The molecular weight excluding hydrogens is 272 g/mol. The molecule has 0 heterocycles. The predicted molar refractivity (Wildman–Crippen MR) is 93.9 cm³/mol. The summed E-state index contributed by atoms with van der Waals surface area (Å²) in [5.41, 5.74) is 6.17. The molecule has 116 valence electrons. The summed E-state index contributed by atoms with van der Waals surface area (Å²) < 4.78 is 5.86. The second-order valence-electron chi connectivity index (χ2n) is 5.32. The number of hydrogen-bond acceptors (Lipinski definition) is 3. The summed E-state index contributed by atoms with van der Waals surface area (Å²) in [5.74, 6) is 0.944. The second-order valence-corrected chi connectivity index (χ2v) is 5.32. The van der Waals surface area contributed by atoms with Crippen molar-refractivity contribution >= 4 is 11.9 Å². The van der Waals surface area contributed by atoms with Gasteiger partial charge in [0.2, 0.25) is 0 Å². The normalized spacial score (nSPS) is 10.8. The van der Waals surface area contributed by atoms with E-state index < -0.39 is 0 Å². The molecule has 0 aliphatic rings. The minimum absolute atomic E-state index is 0.775. The van der Waals surface area contributed by atoms with Crippen LogP contribution in [0.4, 0.5) is 5.69 Å². The van der Waals surface area contributed by atoms with Crippen molar-refractivity contribution < 1.29 is 4.74 Å². The molecule has 0 amide bonds. The molecule has 2 aromatic rings. The summed E-state index contributed by atoms with van der Waals surface area (Å²) in [6.45, 7) is 5.04. The molecule has 0 spiro atoms. The minimum atomic E-state index is 0.775. The largest absolute Gasteiger partial charge is 0.493 e. The van der Waals surface area contributed by atoms with Crippen LogP contribution in [0.5, 0.6) is 5.75 Å². The number of aryl methyl sites for hydroxylation is 1. The number of nitrogens with one attached hydrogen (secondary N) is 1. The van der Waals surface area contributed by atoms with Gasteiger partial charge in [0.15, 0.2) is 0 Å². The quantitative estimate of drug-likeness (QED) is 0.422. The van der Waals surface area contributed by atoms with Crippen LogP contribution < -0.4 is 10.2 Å². The van der Waals surface area contributed by atoms with Gasteiger partial charge in [-0.3, -0.25) is 5.43 Å². The van der Waals surface area contributed by atoms with Crippen LogP contribution in [0.2, 0.25) is 0 Å². The van der Waals surface area contributed by atoms with Crippen LogP contribution in [-0.4, -0.2) is 12.8 Å². The van der Waals surface area contributed by atoms with E-state index in [4.69, 9.17) is 4.74 Å². The van der Waals surface area contributed by atoms with Gasteiger partial charge in [-0.1, -0.05) is 50.1 Å². The van der Waals surface area contributed by atoms with Gasteiger partial charge in [-0.2, -0.15) is 5.10 Å². The number of anilines is 1. The van der Waals surface area contributed by atoms with Gasteiger partial charge in [0, 0.05) is 0 Å². The predicted octanol–water partition coefficient (Wildman–Crippen LogP) is 5.01. The van der Waals surface area contributed by atoms with Crippen molar-refractivity contribution in [2.45, 2.75) is 33.1 Å². The third-order valence-corrected chi connectivity index (χ3v) is 3.40. The van der Waals surface area contributed by atoms with E-state index in [2.05, 4.69) is 30.4 Å². The van der Waals surface area contributed by atoms with Crippen molar-refractivity contribution in [1.82, 2.24) is 0 Å². The molecular formula is C19H24N2O. The molecule has 0 fully saturated rings. The van der Waals surface area contributed by atoms with Crippen molar-refractivity contribution in [2.75, 3.05) is 12.0 Å². The van der Waals surface area contributed by atoms with Gasteiger partial charge in [-0.25, -0.2) is 0 Å². The average Bonchev–Trinajstić information content (AvgIpc) is 2.55. The Morgan fingerprint density at radius 3 is 2.68 bits per heavy atom. The zero-order chi connectivity index (χ0) is 15.6. The van der Waals surface area contributed by atoms with Crippen molar-refractivity contribution in [3.05, 3.63) is 59.7 Å². The second kappa shape index (κ2) is 8.88. The van der Waals surface area contributed by atoms with Gasteiger partial charge in [-0.05, 0) is 42.7 Å². The van der Waals surface area contributed by atoms with Crippen LogP contribution in [0.25, 0.3) is 0 Å². The van der Waals surface area contributed by atoms with Crippen molar-refractivity contribution in [3.8, 4) is 5.75 Å². The molecule has 0 aliphatic carbocycles. The van der Waals surface area contributed by atoms with Crippen LogP contribution in [0.3, 0.4) is 0 Å². The number of ether oxygens (including phenoxy) is 1. The molecule has 0 unspecified atom stereocenters. The topological polar surface area (TPSA) is 33.6 Å². The summed E-state index contributed by atoms with van der Waals surface area (Å²) in [7, 11) is 0. The third kappa shape index (κ3) is 5.24. The lowest BCUT2D eigenvalue weighted by Crippen LogP contribution is -1.99. The molecule has 2 rings (SSSR count). The van der Waals surface area contributed by atoms with Gasteiger partial charge in [0.1, 0.15) is 5.75 Å². The maximum absolute atomic E-state index is 5.86. The zero-order valence-corrected chi connectivity index (χ0v) is 13.4. The number of hydrazone groups is 1. The fourth-order valence-electron chi connectivity index (χ4n) is 2.08. The first-order valence-corrected chi connectivity index (χ1v) is 7.87. The Bertz CT molecular complexity index is 594. The van der Waals surface area contributed by atoms with E-state index in [1.807, 2.05) is 48.7 Å². The van der Waals surface area contributed by atoms with E-state index in [9.17, 15) is 0 Å². The highest BCUT2D eigenvalue weighted by atomic mass is 16.5. The molecule has 0 saturated carbocycles. The average molecular weight is 296 g/mol. The Kier molecular flexibility index (Phi) is 6.49. The zero-order valence-electron chi connectivity index (χ0n) is 13.4. The van der Waals surface area contributed by atoms with Crippen LogP contribution in [0.15, 0.2) is 53.6 Å². The molecule has 0 atom stereocenters. The lowest BCUT2D eigenvalue weighted by molar-refractivity contribution is 0.304. The van der Waals surface area contributed by atoms with Gasteiger partial charge in [-0.15, -0.1) is 0 Å². The first-order valence-electron chi connectivity index (χ1n) is 7.87. The fourth-order valence-corrected chi connectivity index (χ4v) is 2.08. The van der Waals surface area contributed by atoms with Crippen LogP contribution in [0.1, 0.15) is 37.3 Å². The van der Waals surface area contributed by atoms with Gasteiger partial charge in [0.05, 0.1) is 18.5 Å². The van der Waals surface area contributed by atoms with Crippen molar-refractivity contribution in [1.29, 1.82) is 0 Å².